The van der Waals surface area contributed by atoms with Crippen LogP contribution < -0.4 is 19.1 Å². The summed E-state index contributed by atoms with van der Waals surface area (Å²) in [4.78, 5) is 4.73. The van der Waals surface area contributed by atoms with E-state index >= 15 is 0 Å². The predicted octanol–water partition coefficient (Wildman–Crippen LogP) is 2.92. The van der Waals surface area contributed by atoms with Gasteiger partial charge in [0.25, 0.3) is 0 Å². The molecule has 3 aromatic rings. The van der Waals surface area contributed by atoms with E-state index in [0.29, 0.717) is 18.1 Å². The molecule has 0 amide bonds. The number of nitrogens with zero attached hydrogens (tertiary/aromatic N) is 4. The largest absolute Gasteiger partial charge is 0.493 e. The van der Waals surface area contributed by atoms with Gasteiger partial charge < -0.3 is 23.8 Å². The van der Waals surface area contributed by atoms with E-state index in [4.69, 9.17) is 18.9 Å². The third-order valence-corrected chi connectivity index (χ3v) is 6.43. The van der Waals surface area contributed by atoms with Crippen LogP contribution in [0, 0.1) is 0 Å². The Labute approximate surface area is 194 Å². The van der Waals surface area contributed by atoms with E-state index in [0.717, 1.165) is 74.7 Å². The highest BCUT2D eigenvalue weighted by Crippen LogP contribution is 2.37. The molecule has 0 aliphatic carbocycles. The van der Waals surface area contributed by atoms with Crippen molar-refractivity contribution in [2.45, 2.75) is 13.0 Å². The Bertz CT molecular complexity index is 1120. The number of morpholine rings is 1. The first kappa shape index (κ1) is 21.7. The van der Waals surface area contributed by atoms with Gasteiger partial charge in [0.2, 0.25) is 0 Å². The SMILES string of the molecule is COc1cc2nncc(N3CCc4ccc(OCCN5CCOCC5)cc4C3)c2cc1OC. The van der Waals surface area contributed by atoms with Crippen LogP contribution in [0.4, 0.5) is 5.69 Å². The van der Waals surface area contributed by atoms with Crippen molar-refractivity contribution in [1.29, 1.82) is 0 Å². The number of methoxy groups -OCH3 is 2. The second-order valence-corrected chi connectivity index (χ2v) is 8.36. The van der Waals surface area contributed by atoms with E-state index in [9.17, 15) is 0 Å². The Morgan fingerprint density at radius 1 is 0.970 bits per heavy atom. The van der Waals surface area contributed by atoms with Crippen molar-refractivity contribution in [3.8, 4) is 17.2 Å². The van der Waals surface area contributed by atoms with Gasteiger partial charge in [-0.1, -0.05) is 6.07 Å². The molecule has 2 aromatic carbocycles. The van der Waals surface area contributed by atoms with Crippen LogP contribution in [0.2, 0.25) is 0 Å². The van der Waals surface area contributed by atoms with E-state index in [2.05, 4.69) is 38.2 Å². The molecule has 0 bridgehead atoms. The number of anilines is 1. The van der Waals surface area contributed by atoms with Crippen LogP contribution in [-0.4, -0.2) is 75.3 Å². The minimum absolute atomic E-state index is 0.652. The van der Waals surface area contributed by atoms with Crippen molar-refractivity contribution in [2.24, 2.45) is 0 Å². The van der Waals surface area contributed by atoms with Crippen LogP contribution in [0.1, 0.15) is 11.1 Å². The maximum atomic E-state index is 6.09. The van der Waals surface area contributed by atoms with E-state index in [1.807, 2.05) is 18.3 Å². The number of fused-ring (bicyclic) bond motifs is 2. The number of benzene rings is 2. The second-order valence-electron chi connectivity index (χ2n) is 8.36. The van der Waals surface area contributed by atoms with Crippen LogP contribution in [0.5, 0.6) is 17.2 Å². The highest BCUT2D eigenvalue weighted by atomic mass is 16.5. The molecule has 1 fully saturated rings. The van der Waals surface area contributed by atoms with Gasteiger partial charge in [-0.25, -0.2) is 0 Å². The highest BCUT2D eigenvalue weighted by Gasteiger charge is 2.21. The molecule has 1 saturated heterocycles. The van der Waals surface area contributed by atoms with Crippen molar-refractivity contribution in [3.05, 3.63) is 47.7 Å². The number of ether oxygens (including phenoxy) is 4. The van der Waals surface area contributed by atoms with Gasteiger partial charge in [0.15, 0.2) is 11.5 Å². The molecule has 5 rings (SSSR count). The molecule has 3 heterocycles. The molecular weight excluding hydrogens is 420 g/mol. The van der Waals surface area contributed by atoms with Crippen molar-refractivity contribution in [3.63, 3.8) is 0 Å². The van der Waals surface area contributed by atoms with Crippen molar-refractivity contribution in [2.75, 3.05) is 65.1 Å². The lowest BCUT2D eigenvalue weighted by molar-refractivity contribution is 0.0322. The fraction of sp³-hybridized carbons (Fsp3) is 0.440. The summed E-state index contributed by atoms with van der Waals surface area (Å²) in [5, 5.41) is 9.56. The Balaban J connectivity index is 1.33. The fourth-order valence-electron chi connectivity index (χ4n) is 4.57. The van der Waals surface area contributed by atoms with Crippen LogP contribution in [0.15, 0.2) is 36.5 Å². The minimum Gasteiger partial charge on any atom is -0.493 e. The highest BCUT2D eigenvalue weighted by molar-refractivity contribution is 5.93. The maximum Gasteiger partial charge on any atom is 0.162 e. The van der Waals surface area contributed by atoms with Gasteiger partial charge in [-0.05, 0) is 35.7 Å². The standard InChI is InChI=1S/C25H30N4O4/c1-30-24-14-21-22(15-25(24)31-2)27-26-16-23(21)29-6-5-18-3-4-20(13-19(18)17-29)33-12-9-28-7-10-32-11-8-28/h3-4,13-16H,5-12,17H2,1-2H3. The van der Waals surface area contributed by atoms with E-state index in [-0.39, 0.29) is 0 Å². The topological polar surface area (TPSA) is 69.2 Å². The van der Waals surface area contributed by atoms with Gasteiger partial charge in [0, 0.05) is 44.2 Å². The van der Waals surface area contributed by atoms with Crippen molar-refractivity contribution in [1.82, 2.24) is 15.1 Å². The number of rotatable bonds is 7. The van der Waals surface area contributed by atoms with Gasteiger partial charge in [-0.15, -0.1) is 0 Å². The molecule has 0 atom stereocenters. The lowest BCUT2D eigenvalue weighted by atomic mass is 9.98. The molecule has 1 aromatic heterocycles. The molecule has 8 nitrogen and oxygen atoms in total. The molecule has 0 radical (unpaired) electrons. The maximum absolute atomic E-state index is 6.09. The normalized spacial score (nSPS) is 16.5. The zero-order valence-electron chi connectivity index (χ0n) is 19.2. The Morgan fingerprint density at radius 2 is 1.79 bits per heavy atom. The zero-order valence-corrected chi connectivity index (χ0v) is 19.2. The van der Waals surface area contributed by atoms with Crippen LogP contribution in [0.3, 0.4) is 0 Å². The summed E-state index contributed by atoms with van der Waals surface area (Å²) < 4.78 is 22.5. The Morgan fingerprint density at radius 3 is 2.61 bits per heavy atom. The average Bonchev–Trinajstić information content (AvgIpc) is 2.87. The molecule has 174 valence electrons. The van der Waals surface area contributed by atoms with E-state index in [1.165, 1.54) is 11.1 Å². The fourth-order valence-corrected chi connectivity index (χ4v) is 4.57. The molecule has 8 heteroatoms. The third kappa shape index (κ3) is 4.67. The molecule has 0 saturated carbocycles. The van der Waals surface area contributed by atoms with Gasteiger partial charge >= 0.3 is 0 Å². The predicted molar refractivity (Wildman–Crippen MR) is 127 cm³/mol. The molecule has 0 spiro atoms. The van der Waals surface area contributed by atoms with Gasteiger partial charge in [-0.3, -0.25) is 4.90 Å². The molecular formula is C25H30N4O4. The first-order valence-corrected chi connectivity index (χ1v) is 11.4. The third-order valence-electron chi connectivity index (χ3n) is 6.43. The van der Waals surface area contributed by atoms with Crippen LogP contribution in [0.25, 0.3) is 10.9 Å². The van der Waals surface area contributed by atoms with Crippen LogP contribution in [-0.2, 0) is 17.7 Å². The number of aromatic nitrogens is 2. The quantitative estimate of drug-likeness (QED) is 0.544. The summed E-state index contributed by atoms with van der Waals surface area (Å²) in [5.74, 6) is 2.26. The van der Waals surface area contributed by atoms with Gasteiger partial charge in [0.1, 0.15) is 12.4 Å². The number of hydrogen-bond acceptors (Lipinski definition) is 8. The summed E-state index contributed by atoms with van der Waals surface area (Å²) in [6, 6.07) is 10.3. The first-order valence-electron chi connectivity index (χ1n) is 11.4. The van der Waals surface area contributed by atoms with Gasteiger partial charge in [0.05, 0.1) is 44.8 Å². The van der Waals surface area contributed by atoms with Crippen molar-refractivity contribution >= 4 is 16.6 Å². The average molecular weight is 451 g/mol. The molecule has 0 N–H and O–H groups in total. The lowest BCUT2D eigenvalue weighted by Gasteiger charge is -2.31. The Hall–Kier alpha value is -3.10. The summed E-state index contributed by atoms with van der Waals surface area (Å²) in [6.45, 7) is 6.90. The minimum atomic E-state index is 0.652. The van der Waals surface area contributed by atoms with E-state index in [1.54, 1.807) is 14.2 Å². The van der Waals surface area contributed by atoms with Crippen molar-refractivity contribution < 1.29 is 18.9 Å². The van der Waals surface area contributed by atoms with E-state index < -0.39 is 0 Å². The molecule has 33 heavy (non-hydrogen) atoms. The smallest absolute Gasteiger partial charge is 0.162 e. The lowest BCUT2D eigenvalue weighted by Crippen LogP contribution is -2.38. The molecule has 2 aliphatic heterocycles. The molecule has 2 aliphatic rings. The van der Waals surface area contributed by atoms with Gasteiger partial charge in [-0.2, -0.15) is 10.2 Å². The zero-order chi connectivity index (χ0) is 22.6. The summed E-state index contributed by atoms with van der Waals surface area (Å²) in [6.07, 6.45) is 2.81. The molecule has 0 unspecified atom stereocenters. The summed E-state index contributed by atoms with van der Waals surface area (Å²) in [7, 11) is 3.28. The Kier molecular flexibility index (Phi) is 6.46. The monoisotopic (exact) mass is 450 g/mol. The van der Waals surface area contributed by atoms with Crippen LogP contribution >= 0.6 is 0 Å². The summed E-state index contributed by atoms with van der Waals surface area (Å²) >= 11 is 0. The summed E-state index contributed by atoms with van der Waals surface area (Å²) in [5.41, 5.74) is 4.49. The second kappa shape index (κ2) is 9.80. The number of hydrogen-bond donors (Lipinski definition) is 0. The first-order chi connectivity index (χ1) is 16.2.